The van der Waals surface area contributed by atoms with E-state index in [-0.39, 0.29) is 17.6 Å². The summed E-state index contributed by atoms with van der Waals surface area (Å²) in [4.78, 5) is 17.1. The molecule has 4 rings (SSSR count). The number of carbonyl (C=O) groups excluding carboxylic acids is 1. The van der Waals surface area contributed by atoms with Crippen molar-refractivity contribution in [2.24, 2.45) is 5.10 Å². The van der Waals surface area contributed by atoms with Crippen molar-refractivity contribution < 1.29 is 9.18 Å². The lowest BCUT2D eigenvalue weighted by atomic mass is 10.00. The van der Waals surface area contributed by atoms with E-state index < -0.39 is 0 Å². The number of rotatable bonds is 3. The van der Waals surface area contributed by atoms with Crippen LogP contribution in [0, 0.1) is 5.82 Å². The molecule has 1 aliphatic rings. The second-order valence-corrected chi connectivity index (χ2v) is 7.33. The molecule has 7 heteroatoms. The second-order valence-electron chi connectivity index (χ2n) is 6.27. The van der Waals surface area contributed by atoms with Crippen LogP contribution in [-0.4, -0.2) is 28.2 Å². The SMILES string of the molecule is CC(C(=O)N1CCC(c2ccc(F)cc2)=N1)c1ccc2nc(N)sc2c1. The summed E-state index contributed by atoms with van der Waals surface area (Å²) in [6.07, 6.45) is 0.661. The van der Waals surface area contributed by atoms with Crippen molar-refractivity contribution in [3.63, 3.8) is 0 Å². The molecular weight excluding hydrogens is 351 g/mol. The number of hydrazone groups is 1. The molecule has 0 bridgehead atoms. The van der Waals surface area contributed by atoms with Gasteiger partial charge in [-0.3, -0.25) is 4.79 Å². The van der Waals surface area contributed by atoms with Crippen molar-refractivity contribution >= 4 is 38.3 Å². The predicted molar refractivity (Wildman–Crippen MR) is 102 cm³/mol. The normalized spacial score (nSPS) is 15.3. The number of halogens is 1. The van der Waals surface area contributed by atoms with Crippen molar-refractivity contribution in [3.05, 3.63) is 59.4 Å². The fourth-order valence-electron chi connectivity index (χ4n) is 3.06. The van der Waals surface area contributed by atoms with Crippen LogP contribution in [0.3, 0.4) is 0 Å². The second kappa shape index (κ2) is 6.49. The van der Waals surface area contributed by atoms with E-state index in [1.54, 1.807) is 12.1 Å². The molecule has 0 spiro atoms. The third kappa shape index (κ3) is 3.06. The summed E-state index contributed by atoms with van der Waals surface area (Å²) in [5.74, 6) is -0.661. The number of anilines is 1. The van der Waals surface area contributed by atoms with Gasteiger partial charge in [0.1, 0.15) is 5.82 Å². The summed E-state index contributed by atoms with van der Waals surface area (Å²) >= 11 is 1.41. The largest absolute Gasteiger partial charge is 0.375 e. The van der Waals surface area contributed by atoms with Crippen LogP contribution in [0.15, 0.2) is 47.6 Å². The first-order valence-electron chi connectivity index (χ1n) is 8.32. The highest BCUT2D eigenvalue weighted by atomic mass is 32.1. The van der Waals surface area contributed by atoms with Crippen LogP contribution < -0.4 is 5.73 Å². The van der Waals surface area contributed by atoms with E-state index in [0.29, 0.717) is 18.1 Å². The van der Waals surface area contributed by atoms with E-state index in [9.17, 15) is 9.18 Å². The minimum absolute atomic E-state index is 0.0565. The van der Waals surface area contributed by atoms with Crippen LogP contribution in [-0.2, 0) is 4.79 Å². The zero-order chi connectivity index (χ0) is 18.3. The van der Waals surface area contributed by atoms with Gasteiger partial charge in [-0.05, 0) is 42.3 Å². The maximum absolute atomic E-state index is 13.1. The quantitative estimate of drug-likeness (QED) is 0.765. The Morgan fingerprint density at radius 3 is 2.81 bits per heavy atom. The lowest BCUT2D eigenvalue weighted by molar-refractivity contribution is -0.131. The number of fused-ring (bicyclic) bond motifs is 1. The van der Waals surface area contributed by atoms with Crippen LogP contribution in [0.25, 0.3) is 10.2 Å². The first-order chi connectivity index (χ1) is 12.5. The Kier molecular flexibility index (Phi) is 4.16. The highest BCUT2D eigenvalue weighted by Gasteiger charge is 2.26. The Morgan fingerprint density at radius 1 is 1.27 bits per heavy atom. The first-order valence-corrected chi connectivity index (χ1v) is 9.13. The van der Waals surface area contributed by atoms with E-state index in [1.807, 2.05) is 25.1 Å². The molecule has 0 aliphatic carbocycles. The summed E-state index contributed by atoms with van der Waals surface area (Å²) in [6.45, 7) is 2.41. The molecule has 2 N–H and O–H groups in total. The Morgan fingerprint density at radius 2 is 2.04 bits per heavy atom. The van der Waals surface area contributed by atoms with Gasteiger partial charge in [0.2, 0.25) is 5.91 Å². The summed E-state index contributed by atoms with van der Waals surface area (Å²) in [5.41, 5.74) is 9.15. The number of nitrogens with two attached hydrogens (primary N) is 1. The van der Waals surface area contributed by atoms with Crippen molar-refractivity contribution in [3.8, 4) is 0 Å². The monoisotopic (exact) mass is 368 g/mol. The Labute approximate surface area is 154 Å². The molecule has 1 unspecified atom stereocenters. The lowest BCUT2D eigenvalue weighted by Crippen LogP contribution is -2.28. The zero-order valence-corrected chi connectivity index (χ0v) is 15.0. The maximum Gasteiger partial charge on any atom is 0.249 e. The van der Waals surface area contributed by atoms with Gasteiger partial charge in [0.05, 0.1) is 28.4 Å². The fourth-order valence-corrected chi connectivity index (χ4v) is 3.84. The van der Waals surface area contributed by atoms with Gasteiger partial charge in [-0.15, -0.1) is 0 Å². The molecular formula is C19H17FN4OS. The van der Waals surface area contributed by atoms with Crippen LogP contribution in [0.2, 0.25) is 0 Å². The first kappa shape index (κ1) is 16.7. The van der Waals surface area contributed by atoms with Crippen LogP contribution in [0.1, 0.15) is 30.4 Å². The average Bonchev–Trinajstić information content (AvgIpc) is 3.26. The van der Waals surface area contributed by atoms with Gasteiger partial charge >= 0.3 is 0 Å². The standard InChI is InChI=1S/C19H17FN4OS/c1-11(13-4-7-16-17(10-13)26-19(21)22-16)18(25)24-9-8-15(23-24)12-2-5-14(20)6-3-12/h2-7,10-11H,8-9H2,1H3,(H2,21,22). The van der Waals surface area contributed by atoms with Gasteiger partial charge in [-0.1, -0.05) is 29.5 Å². The maximum atomic E-state index is 13.1. The summed E-state index contributed by atoms with van der Waals surface area (Å²) < 4.78 is 14.0. The van der Waals surface area contributed by atoms with Crippen LogP contribution >= 0.6 is 11.3 Å². The highest BCUT2D eigenvalue weighted by Crippen LogP contribution is 2.29. The molecule has 1 atom stereocenters. The van der Waals surface area contributed by atoms with E-state index in [1.165, 1.54) is 28.5 Å². The molecule has 26 heavy (non-hydrogen) atoms. The Balaban J connectivity index is 1.55. The van der Waals surface area contributed by atoms with E-state index in [0.717, 1.165) is 27.1 Å². The molecule has 2 aromatic carbocycles. The third-order valence-electron chi connectivity index (χ3n) is 4.53. The lowest BCUT2D eigenvalue weighted by Gasteiger charge is -2.17. The summed E-state index contributed by atoms with van der Waals surface area (Å²) in [7, 11) is 0. The summed E-state index contributed by atoms with van der Waals surface area (Å²) in [5, 5.41) is 6.48. The van der Waals surface area contributed by atoms with Gasteiger partial charge in [0.15, 0.2) is 5.13 Å². The topological polar surface area (TPSA) is 71.6 Å². The molecule has 1 aliphatic heterocycles. The number of benzene rings is 2. The van der Waals surface area contributed by atoms with Crippen molar-refractivity contribution in [2.45, 2.75) is 19.3 Å². The minimum atomic E-state index is -0.320. The molecule has 3 aromatic rings. The van der Waals surface area contributed by atoms with Crippen molar-refractivity contribution in [1.29, 1.82) is 0 Å². The third-order valence-corrected chi connectivity index (χ3v) is 5.38. The fraction of sp³-hybridized carbons (Fsp3) is 0.211. The number of nitrogens with zero attached hydrogens (tertiary/aromatic N) is 3. The van der Waals surface area contributed by atoms with Crippen molar-refractivity contribution in [2.75, 3.05) is 12.3 Å². The average molecular weight is 368 g/mol. The zero-order valence-electron chi connectivity index (χ0n) is 14.1. The molecule has 0 fully saturated rings. The molecule has 1 aromatic heterocycles. The number of nitrogen functional groups attached to an aromatic ring is 1. The number of hydrogen-bond acceptors (Lipinski definition) is 5. The highest BCUT2D eigenvalue weighted by molar-refractivity contribution is 7.22. The molecule has 5 nitrogen and oxygen atoms in total. The van der Waals surface area contributed by atoms with Crippen molar-refractivity contribution in [1.82, 2.24) is 9.99 Å². The van der Waals surface area contributed by atoms with E-state index in [4.69, 9.17) is 5.73 Å². The number of aromatic nitrogens is 1. The smallest absolute Gasteiger partial charge is 0.249 e. The van der Waals surface area contributed by atoms with Gasteiger partial charge < -0.3 is 5.73 Å². The number of hydrogen-bond donors (Lipinski definition) is 1. The van der Waals surface area contributed by atoms with Gasteiger partial charge in [-0.2, -0.15) is 5.10 Å². The van der Waals surface area contributed by atoms with E-state index >= 15 is 0 Å². The van der Waals surface area contributed by atoms with Crippen LogP contribution in [0.5, 0.6) is 0 Å². The summed E-state index contributed by atoms with van der Waals surface area (Å²) in [6, 6.07) is 11.9. The molecule has 132 valence electrons. The molecule has 0 saturated heterocycles. The van der Waals surface area contributed by atoms with Gasteiger partial charge in [0, 0.05) is 6.42 Å². The Hall–Kier alpha value is -2.80. The number of carbonyl (C=O) groups is 1. The van der Waals surface area contributed by atoms with E-state index in [2.05, 4.69) is 10.1 Å². The molecule has 1 amide bonds. The van der Waals surface area contributed by atoms with Gasteiger partial charge in [0.25, 0.3) is 0 Å². The number of amides is 1. The number of thiazole rings is 1. The Bertz CT molecular complexity index is 1010. The molecule has 0 radical (unpaired) electrons. The minimum Gasteiger partial charge on any atom is -0.375 e. The van der Waals surface area contributed by atoms with Crippen LogP contribution in [0.4, 0.5) is 9.52 Å². The van der Waals surface area contributed by atoms with Gasteiger partial charge in [-0.25, -0.2) is 14.4 Å². The molecule has 2 heterocycles. The predicted octanol–water partition coefficient (Wildman–Crippen LogP) is 3.76. The molecule has 0 saturated carbocycles.